The van der Waals surface area contributed by atoms with E-state index >= 15 is 0 Å². The molecule has 3 aliphatic heterocycles. The van der Waals surface area contributed by atoms with Crippen molar-refractivity contribution in [3.05, 3.63) is 36.8 Å². The number of rotatable bonds is 7. The Bertz CT molecular complexity index is 1290. The molecule has 3 aromatic rings. The zero-order valence-electron chi connectivity index (χ0n) is 22.1. The first-order valence-electron chi connectivity index (χ1n) is 14.5. The van der Waals surface area contributed by atoms with Crippen LogP contribution in [0.4, 0.5) is 5.82 Å². The van der Waals surface area contributed by atoms with Crippen LogP contribution in [0.3, 0.4) is 0 Å². The van der Waals surface area contributed by atoms with Gasteiger partial charge >= 0.3 is 0 Å². The van der Waals surface area contributed by atoms with Gasteiger partial charge in [0.05, 0.1) is 17.6 Å². The second-order valence-electron chi connectivity index (χ2n) is 12.1. The minimum Gasteiger partial charge on any atom is -0.491 e. The van der Waals surface area contributed by atoms with E-state index in [0.717, 1.165) is 92.5 Å². The Hall–Kier alpha value is -2.68. The summed E-state index contributed by atoms with van der Waals surface area (Å²) in [4.78, 5) is 11.5. The normalized spacial score (nSPS) is 31.4. The first-order chi connectivity index (χ1) is 18.6. The quantitative estimate of drug-likeness (QED) is 0.474. The Morgan fingerprint density at radius 3 is 2.66 bits per heavy atom. The van der Waals surface area contributed by atoms with Crippen LogP contribution >= 0.6 is 0 Å². The number of benzene rings is 1. The first-order valence-corrected chi connectivity index (χ1v) is 14.5. The van der Waals surface area contributed by atoms with Crippen molar-refractivity contribution >= 4 is 16.9 Å². The fraction of sp³-hybridized carbons (Fsp3) is 0.600. The minimum atomic E-state index is -0.143. The van der Waals surface area contributed by atoms with Crippen molar-refractivity contribution in [2.75, 3.05) is 32.0 Å². The van der Waals surface area contributed by atoms with Crippen LogP contribution in [-0.2, 0) is 4.74 Å². The molecule has 1 atom stereocenters. The molecule has 4 fully saturated rings. The molecule has 3 N–H and O–H groups in total. The van der Waals surface area contributed by atoms with Gasteiger partial charge in [-0.05, 0) is 81.4 Å². The number of aliphatic hydroxyl groups excluding tert-OH is 1. The lowest BCUT2D eigenvalue weighted by Crippen LogP contribution is -2.32. The summed E-state index contributed by atoms with van der Waals surface area (Å²) in [6.45, 7) is 3.58. The highest BCUT2D eigenvalue weighted by Crippen LogP contribution is 2.44. The number of nitrogen functional groups attached to an aromatic ring is 1. The SMILES string of the molecule is Nc1ncnc2c1c(-c1cccc(OCC34CCC(CC3)O4)c1)cn2C1CCC(CN2CCC(O)C2)CC1. The van der Waals surface area contributed by atoms with Crippen LogP contribution in [0.25, 0.3) is 22.2 Å². The highest BCUT2D eigenvalue weighted by atomic mass is 16.6. The Labute approximate surface area is 224 Å². The van der Waals surface area contributed by atoms with Gasteiger partial charge in [-0.1, -0.05) is 12.1 Å². The Balaban J connectivity index is 1.10. The predicted octanol–water partition coefficient (Wildman–Crippen LogP) is 4.57. The van der Waals surface area contributed by atoms with E-state index in [2.05, 4.69) is 38.8 Å². The molecule has 8 nitrogen and oxygen atoms in total. The van der Waals surface area contributed by atoms with Crippen LogP contribution in [0.2, 0.25) is 0 Å². The van der Waals surface area contributed by atoms with E-state index in [9.17, 15) is 5.11 Å². The molecule has 0 amide bonds. The van der Waals surface area contributed by atoms with Crippen molar-refractivity contribution in [1.82, 2.24) is 19.4 Å². The molecule has 7 rings (SSSR count). The molecule has 2 aromatic heterocycles. The van der Waals surface area contributed by atoms with Gasteiger partial charge in [-0.3, -0.25) is 0 Å². The molecule has 1 saturated carbocycles. The van der Waals surface area contributed by atoms with Gasteiger partial charge in [-0.2, -0.15) is 0 Å². The van der Waals surface area contributed by atoms with Gasteiger partial charge in [0.25, 0.3) is 0 Å². The number of fused-ring (bicyclic) bond motifs is 3. The van der Waals surface area contributed by atoms with Crippen LogP contribution in [-0.4, -0.2) is 68.6 Å². The highest BCUT2D eigenvalue weighted by molar-refractivity contribution is 6.00. The number of hydrogen-bond donors (Lipinski definition) is 2. The molecule has 4 aliphatic rings. The molecule has 38 heavy (non-hydrogen) atoms. The highest BCUT2D eigenvalue weighted by Gasteiger charge is 2.46. The number of anilines is 1. The summed E-state index contributed by atoms with van der Waals surface area (Å²) >= 11 is 0. The molecular weight excluding hydrogens is 478 g/mol. The third-order valence-electron chi connectivity index (χ3n) is 9.52. The number of likely N-dealkylation sites (tertiary alicyclic amines) is 1. The lowest BCUT2D eigenvalue weighted by molar-refractivity contribution is -0.0198. The maximum absolute atomic E-state index is 9.88. The van der Waals surface area contributed by atoms with Gasteiger partial charge in [0.15, 0.2) is 0 Å². The van der Waals surface area contributed by atoms with E-state index in [-0.39, 0.29) is 11.7 Å². The number of ether oxygens (including phenoxy) is 2. The van der Waals surface area contributed by atoms with Crippen molar-refractivity contribution in [1.29, 1.82) is 0 Å². The number of aliphatic hydroxyl groups is 1. The van der Waals surface area contributed by atoms with Gasteiger partial charge in [0.2, 0.25) is 0 Å². The molecule has 202 valence electrons. The van der Waals surface area contributed by atoms with Crippen LogP contribution in [0.5, 0.6) is 5.75 Å². The van der Waals surface area contributed by atoms with Gasteiger partial charge < -0.3 is 29.8 Å². The van der Waals surface area contributed by atoms with Crippen molar-refractivity contribution in [3.63, 3.8) is 0 Å². The van der Waals surface area contributed by atoms with Crippen molar-refractivity contribution < 1.29 is 14.6 Å². The third-order valence-corrected chi connectivity index (χ3v) is 9.52. The topological polar surface area (TPSA) is 98.7 Å². The zero-order chi connectivity index (χ0) is 25.7. The predicted molar refractivity (Wildman–Crippen MR) is 147 cm³/mol. The van der Waals surface area contributed by atoms with Crippen molar-refractivity contribution in [3.8, 4) is 16.9 Å². The van der Waals surface area contributed by atoms with Gasteiger partial charge in [-0.25, -0.2) is 9.97 Å². The molecule has 5 heterocycles. The molecular formula is C30H39N5O3. The number of β-amino-alcohol motifs (C(OH)–C–C–N with tert-alkyl or cyclic N) is 1. The molecule has 0 spiro atoms. The third kappa shape index (κ3) is 4.56. The van der Waals surface area contributed by atoms with E-state index in [1.165, 1.54) is 12.8 Å². The summed E-state index contributed by atoms with van der Waals surface area (Å²) in [6.07, 6.45) is 14.2. The second-order valence-corrected chi connectivity index (χ2v) is 12.1. The molecule has 1 aliphatic carbocycles. The summed E-state index contributed by atoms with van der Waals surface area (Å²) < 4.78 is 14.9. The summed E-state index contributed by atoms with van der Waals surface area (Å²) in [6, 6.07) is 8.72. The van der Waals surface area contributed by atoms with Crippen LogP contribution in [0, 0.1) is 5.92 Å². The van der Waals surface area contributed by atoms with E-state index in [4.69, 9.17) is 20.2 Å². The molecule has 3 saturated heterocycles. The molecule has 0 radical (unpaired) electrons. The zero-order valence-corrected chi connectivity index (χ0v) is 22.1. The molecule has 8 heteroatoms. The standard InChI is InChI=1S/C30H39N5O3/c31-28-27-26(21-2-1-3-25(14-21)37-18-30-11-8-24(38-30)9-12-30)17-35(29(27)33-19-32-28)22-6-4-20(5-7-22)15-34-13-10-23(36)16-34/h1-3,14,17,19-20,22-24,36H,4-13,15-16,18H2,(H2,31,32,33). The fourth-order valence-corrected chi connectivity index (χ4v) is 7.41. The summed E-state index contributed by atoms with van der Waals surface area (Å²) in [5.74, 6) is 2.08. The van der Waals surface area contributed by atoms with E-state index in [0.29, 0.717) is 30.5 Å². The Morgan fingerprint density at radius 1 is 1.08 bits per heavy atom. The number of nitrogens with two attached hydrogens (primary N) is 1. The lowest BCUT2D eigenvalue weighted by atomic mass is 9.85. The fourth-order valence-electron chi connectivity index (χ4n) is 7.41. The lowest BCUT2D eigenvalue weighted by Gasteiger charge is -2.32. The number of aromatic nitrogens is 3. The average molecular weight is 518 g/mol. The Morgan fingerprint density at radius 2 is 1.92 bits per heavy atom. The number of nitrogens with zero attached hydrogens (tertiary/aromatic N) is 4. The minimum absolute atomic E-state index is 0.0949. The summed E-state index contributed by atoms with van der Waals surface area (Å²) in [5.41, 5.74) is 9.40. The summed E-state index contributed by atoms with van der Waals surface area (Å²) in [7, 11) is 0. The van der Waals surface area contributed by atoms with Crippen LogP contribution in [0.1, 0.15) is 63.8 Å². The van der Waals surface area contributed by atoms with Crippen LogP contribution < -0.4 is 10.5 Å². The van der Waals surface area contributed by atoms with E-state index in [1.54, 1.807) is 6.33 Å². The second kappa shape index (κ2) is 9.81. The average Bonchev–Trinajstić information content (AvgIpc) is 3.72. The maximum atomic E-state index is 9.88. The first kappa shape index (κ1) is 24.4. The summed E-state index contributed by atoms with van der Waals surface area (Å²) in [5, 5.41) is 10.8. The van der Waals surface area contributed by atoms with E-state index < -0.39 is 0 Å². The van der Waals surface area contributed by atoms with Gasteiger partial charge in [-0.15, -0.1) is 0 Å². The maximum Gasteiger partial charge on any atom is 0.146 e. The van der Waals surface area contributed by atoms with E-state index in [1.807, 2.05) is 6.07 Å². The van der Waals surface area contributed by atoms with Gasteiger partial charge in [0, 0.05) is 37.4 Å². The van der Waals surface area contributed by atoms with Crippen molar-refractivity contribution in [2.24, 2.45) is 5.92 Å². The van der Waals surface area contributed by atoms with Crippen LogP contribution in [0.15, 0.2) is 36.8 Å². The smallest absolute Gasteiger partial charge is 0.146 e. The number of hydrogen-bond acceptors (Lipinski definition) is 7. The molecule has 2 bridgehead atoms. The Kier molecular flexibility index (Phi) is 6.29. The van der Waals surface area contributed by atoms with Gasteiger partial charge in [0.1, 0.15) is 35.7 Å². The molecule has 1 unspecified atom stereocenters. The molecule has 1 aromatic carbocycles. The monoisotopic (exact) mass is 517 g/mol. The van der Waals surface area contributed by atoms with Crippen molar-refractivity contribution in [2.45, 2.75) is 81.6 Å². The largest absolute Gasteiger partial charge is 0.491 e.